The van der Waals surface area contributed by atoms with E-state index in [1.165, 1.54) is 33.9 Å². The number of halogens is 1. The number of azide groups is 1. The number of hydrogen-bond acceptors (Lipinski definition) is 8. The van der Waals surface area contributed by atoms with Gasteiger partial charge in [-0.2, -0.15) is 4.58 Å². The molecule has 2 aromatic carbocycles. The lowest BCUT2D eigenvalue weighted by Gasteiger charge is -2.27. The Morgan fingerprint density at radius 2 is 1.37 bits per heavy atom. The van der Waals surface area contributed by atoms with Crippen LogP contribution >= 0.6 is 0 Å². The molecule has 12 nitrogen and oxygen atoms in total. The lowest BCUT2D eigenvalue weighted by Crippen LogP contribution is -3.00. The topological polar surface area (TPSA) is 130 Å². The average Bonchev–Trinajstić information content (AvgIpc) is 3.52. The normalized spacial score (nSPS) is 15.9. The van der Waals surface area contributed by atoms with Gasteiger partial charge in [0.2, 0.25) is 11.6 Å². The monoisotopic (exact) mass is 850 g/mol. The van der Waals surface area contributed by atoms with Crippen molar-refractivity contribution in [3.63, 3.8) is 0 Å². The van der Waals surface area contributed by atoms with Crippen molar-refractivity contribution in [3.05, 3.63) is 106 Å². The highest BCUT2D eigenvalue weighted by atomic mass is 79.9. The van der Waals surface area contributed by atoms with Gasteiger partial charge >= 0.3 is 0 Å². The number of hydrogen-bond donors (Lipinski definition) is 1. The van der Waals surface area contributed by atoms with Crippen molar-refractivity contribution in [2.24, 2.45) is 5.11 Å². The van der Waals surface area contributed by atoms with E-state index in [1.807, 2.05) is 0 Å². The van der Waals surface area contributed by atoms with E-state index in [2.05, 4.69) is 138 Å². The first-order chi connectivity index (χ1) is 27.2. The number of allylic oxidation sites excluding steroid dienone is 6. The zero-order chi connectivity index (χ0) is 40.1. The number of para-hydroxylation sites is 2. The smallest absolute Gasteiger partial charge is 0.220 e. The molecule has 57 heavy (non-hydrogen) atoms. The van der Waals surface area contributed by atoms with Crippen LogP contribution in [0.5, 0.6) is 0 Å². The van der Waals surface area contributed by atoms with Gasteiger partial charge in [0.25, 0.3) is 0 Å². The van der Waals surface area contributed by atoms with Crippen LogP contribution in [0.2, 0.25) is 0 Å². The fourth-order valence-corrected chi connectivity index (χ4v) is 7.26. The molecule has 0 fully saturated rings. The van der Waals surface area contributed by atoms with Crippen LogP contribution in [0.4, 0.5) is 11.4 Å². The summed E-state index contributed by atoms with van der Waals surface area (Å²) in [7, 11) is 2.15. The van der Waals surface area contributed by atoms with Crippen molar-refractivity contribution in [3.8, 4) is 0 Å². The molecule has 0 saturated heterocycles. The Morgan fingerprint density at radius 3 is 2.02 bits per heavy atom. The van der Waals surface area contributed by atoms with Crippen LogP contribution in [0, 0.1) is 0 Å². The van der Waals surface area contributed by atoms with Gasteiger partial charge in [0, 0.05) is 65.5 Å². The van der Waals surface area contributed by atoms with E-state index in [4.69, 9.17) is 29.2 Å². The Balaban J connectivity index is 0.00000870. The van der Waals surface area contributed by atoms with Crippen LogP contribution in [0.25, 0.3) is 10.4 Å². The standard InChI is InChI=1S/C44H62N6O6.BrH/c1-43(2)36-16-11-13-18-38(36)49(5)40(43)20-8-6-9-21-41-44(3,4)37-17-12-14-19-39(37)50(41)25-15-7-10-22-42(51)46-23-26-52-28-30-54-32-34-56-35-33-55-31-29-53-27-24-47-48-45;/h6,8-9,11-14,16-21H,7,10,15,22-35H2,1-5H3;1H. The molecule has 2 aliphatic heterocycles. The highest BCUT2D eigenvalue weighted by Gasteiger charge is 2.42. The van der Waals surface area contributed by atoms with E-state index in [0.29, 0.717) is 85.6 Å². The number of nitrogens with one attached hydrogen (secondary N) is 1. The molecule has 312 valence electrons. The molecule has 0 radical (unpaired) electrons. The van der Waals surface area contributed by atoms with Gasteiger partial charge in [-0.05, 0) is 49.9 Å². The largest absolute Gasteiger partial charge is 1.00 e. The van der Waals surface area contributed by atoms with Crippen molar-refractivity contribution in [1.82, 2.24) is 5.32 Å². The van der Waals surface area contributed by atoms with E-state index in [0.717, 1.165) is 25.8 Å². The van der Waals surface area contributed by atoms with Gasteiger partial charge in [-0.1, -0.05) is 80.0 Å². The van der Waals surface area contributed by atoms with Crippen LogP contribution in [0.3, 0.4) is 0 Å². The molecule has 2 heterocycles. The molecule has 0 aromatic heterocycles. The highest BCUT2D eigenvalue weighted by molar-refractivity contribution is 6.03. The maximum Gasteiger partial charge on any atom is 0.220 e. The number of fused-ring (bicyclic) bond motifs is 2. The van der Waals surface area contributed by atoms with Gasteiger partial charge in [-0.3, -0.25) is 4.79 Å². The van der Waals surface area contributed by atoms with Crippen LogP contribution < -0.4 is 27.2 Å². The fraction of sp³-hybridized carbons (Fsp3) is 0.545. The molecule has 0 aliphatic carbocycles. The number of anilines is 1. The highest BCUT2D eigenvalue weighted by Crippen LogP contribution is 2.47. The molecular weight excluding hydrogens is 788 g/mol. The number of benzene rings is 2. The minimum Gasteiger partial charge on any atom is -1.00 e. The van der Waals surface area contributed by atoms with Crippen molar-refractivity contribution < 1.29 is 50.0 Å². The summed E-state index contributed by atoms with van der Waals surface area (Å²) in [4.78, 5) is 17.6. The molecule has 0 unspecified atom stereocenters. The number of amides is 1. The zero-order valence-corrected chi connectivity index (χ0v) is 36.2. The second kappa shape index (κ2) is 25.5. The number of ether oxygens (including phenoxy) is 5. The Labute approximate surface area is 350 Å². The number of rotatable bonds is 27. The first kappa shape index (κ1) is 47.6. The summed E-state index contributed by atoms with van der Waals surface area (Å²) < 4.78 is 29.5. The third kappa shape index (κ3) is 14.5. The second-order valence-corrected chi connectivity index (χ2v) is 14.9. The molecule has 2 aromatic rings. The van der Waals surface area contributed by atoms with Gasteiger partial charge in [-0.25, -0.2) is 0 Å². The molecule has 0 spiro atoms. The third-order valence-electron chi connectivity index (χ3n) is 10.2. The Bertz CT molecular complexity index is 1720. The Kier molecular flexibility index (Phi) is 21.3. The zero-order valence-electron chi connectivity index (χ0n) is 34.6. The average molecular weight is 852 g/mol. The summed E-state index contributed by atoms with van der Waals surface area (Å²) >= 11 is 0. The predicted octanol–water partition coefficient (Wildman–Crippen LogP) is 4.56. The van der Waals surface area contributed by atoms with E-state index < -0.39 is 0 Å². The molecule has 0 atom stereocenters. The van der Waals surface area contributed by atoms with Gasteiger partial charge in [0.15, 0.2) is 5.71 Å². The van der Waals surface area contributed by atoms with Crippen molar-refractivity contribution in [2.45, 2.75) is 64.2 Å². The Morgan fingerprint density at radius 1 is 0.772 bits per heavy atom. The first-order valence-corrected chi connectivity index (χ1v) is 20.0. The Hall–Kier alpha value is -3.81. The minimum absolute atomic E-state index is 0. The number of nitrogens with zero attached hydrogens (tertiary/aromatic N) is 5. The van der Waals surface area contributed by atoms with E-state index >= 15 is 0 Å². The third-order valence-corrected chi connectivity index (χ3v) is 10.2. The molecule has 0 bridgehead atoms. The van der Waals surface area contributed by atoms with Crippen LogP contribution in [0.15, 0.2) is 89.7 Å². The maximum absolute atomic E-state index is 12.4. The van der Waals surface area contributed by atoms with Crippen molar-refractivity contribution in [1.29, 1.82) is 0 Å². The maximum atomic E-state index is 12.4. The summed E-state index contributed by atoms with van der Waals surface area (Å²) in [6.45, 7) is 15.5. The van der Waals surface area contributed by atoms with Gasteiger partial charge < -0.3 is 50.9 Å². The molecule has 4 rings (SSSR count). The summed E-state index contributed by atoms with van der Waals surface area (Å²) in [5, 5.41) is 6.36. The lowest BCUT2D eigenvalue weighted by atomic mass is 9.81. The molecular formula is C44H63BrN6O6. The molecule has 2 aliphatic rings. The lowest BCUT2D eigenvalue weighted by molar-refractivity contribution is -0.401. The van der Waals surface area contributed by atoms with Crippen LogP contribution in [-0.4, -0.2) is 109 Å². The summed E-state index contributed by atoms with van der Waals surface area (Å²) in [6.07, 6.45) is 14.3. The van der Waals surface area contributed by atoms with Crippen molar-refractivity contribution >= 4 is 23.0 Å². The van der Waals surface area contributed by atoms with Gasteiger partial charge in [-0.15, -0.1) is 0 Å². The molecule has 0 saturated carbocycles. The fourth-order valence-electron chi connectivity index (χ4n) is 7.26. The summed E-state index contributed by atoms with van der Waals surface area (Å²) in [5.74, 6) is 0.0597. The quantitative estimate of drug-likeness (QED) is 0.0349. The summed E-state index contributed by atoms with van der Waals surface area (Å²) in [5.41, 5.74) is 15.9. The number of carbonyl (C=O) groups is 1. The molecule has 1 N–H and O–H groups in total. The number of unbranched alkanes of at least 4 members (excludes halogenated alkanes) is 2. The van der Waals surface area contributed by atoms with E-state index in [1.54, 1.807) is 0 Å². The second-order valence-electron chi connectivity index (χ2n) is 14.9. The van der Waals surface area contributed by atoms with E-state index in [-0.39, 0.29) is 33.7 Å². The van der Waals surface area contributed by atoms with Crippen LogP contribution in [0.1, 0.15) is 64.5 Å². The van der Waals surface area contributed by atoms with Gasteiger partial charge in [0.05, 0.1) is 71.5 Å². The molecule has 13 heteroatoms. The van der Waals surface area contributed by atoms with Gasteiger partial charge in [0.1, 0.15) is 7.05 Å². The first-order valence-electron chi connectivity index (χ1n) is 20.0. The van der Waals surface area contributed by atoms with E-state index in [9.17, 15) is 4.79 Å². The van der Waals surface area contributed by atoms with Crippen LogP contribution in [-0.2, 0) is 39.3 Å². The number of carbonyl (C=O) groups excluding carboxylic acids is 1. The minimum atomic E-state index is -0.109. The summed E-state index contributed by atoms with van der Waals surface area (Å²) in [6, 6.07) is 17.4. The predicted molar refractivity (Wildman–Crippen MR) is 223 cm³/mol. The molecule has 1 amide bonds. The van der Waals surface area contributed by atoms with Crippen molar-refractivity contribution in [2.75, 3.05) is 97.7 Å². The SMILES string of the molecule is C[N+]1=C(/C=C/C=C/C=C2/N(CCCCCC(=O)NCCOCCOCCOCCOCCOCCN=[N+]=[N-])c3ccccc3C2(C)C)C(C)(C)c2ccccc21.[Br-].